The molecular weight excluding hydrogens is 590 g/mol. The van der Waals surface area contributed by atoms with Crippen molar-refractivity contribution < 1.29 is 38.2 Å². The Hall–Kier alpha value is -3.67. The summed E-state index contributed by atoms with van der Waals surface area (Å²) in [7, 11) is 0. The molecule has 2 heterocycles. The summed E-state index contributed by atoms with van der Waals surface area (Å²) in [6.07, 6.45) is 3.74. The summed E-state index contributed by atoms with van der Waals surface area (Å²) in [4.78, 5) is 70.2. The summed E-state index contributed by atoms with van der Waals surface area (Å²) in [5, 5.41) is 2.98. The Kier molecular flexibility index (Phi) is 16.0. The Morgan fingerprint density at radius 3 is 1.30 bits per heavy atom. The lowest BCUT2D eigenvalue weighted by Crippen LogP contribution is -2.59. The molecule has 2 rings (SSSR count). The molecule has 0 fully saturated rings. The van der Waals surface area contributed by atoms with Crippen LogP contribution in [0.5, 0.6) is 0 Å². The van der Waals surface area contributed by atoms with Crippen LogP contribution in [-0.4, -0.2) is 84.2 Å². The maximum atomic E-state index is 13.6. The van der Waals surface area contributed by atoms with Crippen molar-refractivity contribution in [3.05, 3.63) is 48.0 Å². The van der Waals surface area contributed by atoms with Crippen LogP contribution in [-0.2, 0) is 28.6 Å². The van der Waals surface area contributed by atoms with Crippen LogP contribution in [0.25, 0.3) is 11.1 Å². The molecule has 0 radical (unpaired) electrons. The lowest BCUT2D eigenvalue weighted by Gasteiger charge is -2.34. The van der Waals surface area contributed by atoms with Gasteiger partial charge < -0.3 is 19.5 Å². The Balaban J connectivity index is 2.27. The minimum atomic E-state index is -1.22. The van der Waals surface area contributed by atoms with E-state index in [0.717, 1.165) is 5.56 Å². The van der Waals surface area contributed by atoms with E-state index in [4.69, 9.17) is 14.2 Å². The van der Waals surface area contributed by atoms with E-state index in [1.807, 2.05) is 41.5 Å². The smallest absolute Gasteiger partial charge is 0.270 e. The average Bonchev–Trinajstić information content (AvgIpc) is 3.02. The van der Waals surface area contributed by atoms with Gasteiger partial charge in [0.1, 0.15) is 34.3 Å². The molecule has 11 nitrogen and oxygen atoms in total. The van der Waals surface area contributed by atoms with Gasteiger partial charge in [0.25, 0.3) is 5.91 Å². The van der Waals surface area contributed by atoms with E-state index >= 15 is 0 Å². The van der Waals surface area contributed by atoms with Crippen LogP contribution >= 0.6 is 0 Å². The second kappa shape index (κ2) is 19.1. The zero-order chi connectivity index (χ0) is 34.3. The predicted octanol–water partition coefficient (Wildman–Crippen LogP) is 4.71. The minimum absolute atomic E-state index is 0.0490. The first-order valence-electron chi connectivity index (χ1n) is 15.8. The van der Waals surface area contributed by atoms with Gasteiger partial charge in [0.05, 0.1) is 39.6 Å². The van der Waals surface area contributed by atoms with E-state index in [1.165, 1.54) is 13.1 Å². The highest BCUT2D eigenvalue weighted by molar-refractivity contribution is 5.93. The molecule has 0 bridgehead atoms. The van der Waals surface area contributed by atoms with Crippen LogP contribution in [0.3, 0.4) is 0 Å². The van der Waals surface area contributed by atoms with Crippen molar-refractivity contribution in [2.24, 2.45) is 17.8 Å². The van der Waals surface area contributed by atoms with Gasteiger partial charge in [-0.15, -0.1) is 0 Å². The number of rotatable bonds is 22. The summed E-state index contributed by atoms with van der Waals surface area (Å²) in [5.41, 5.74) is 0.705. The zero-order valence-corrected chi connectivity index (χ0v) is 28.2. The second-order valence-corrected chi connectivity index (χ2v) is 12.4. The SMILES string of the molecule is CC(=O)c1ccc(-c2ccc(C(=O)NC(COCCC(=O)C(C)C)(COCCC(=O)C(C)C)COCCC(=O)C(C)C)nc2)cn1. The molecule has 0 aliphatic carbocycles. The normalized spacial score (nSPS) is 11.7. The molecule has 0 atom stereocenters. The summed E-state index contributed by atoms with van der Waals surface area (Å²) in [6.45, 7) is 12.6. The Morgan fingerprint density at radius 2 is 1.00 bits per heavy atom. The molecule has 0 aromatic carbocycles. The fraction of sp³-hybridized carbons (Fsp3) is 0.571. The van der Waals surface area contributed by atoms with Gasteiger partial charge in [0, 0.05) is 67.5 Å². The second-order valence-electron chi connectivity index (χ2n) is 12.4. The molecule has 0 saturated carbocycles. The first kappa shape index (κ1) is 38.5. The summed E-state index contributed by atoms with van der Waals surface area (Å²) in [6, 6.07) is 6.69. The molecule has 1 amide bonds. The molecule has 0 saturated heterocycles. The quantitative estimate of drug-likeness (QED) is 0.142. The summed E-state index contributed by atoms with van der Waals surface area (Å²) >= 11 is 0. The lowest BCUT2D eigenvalue weighted by molar-refractivity contribution is -0.123. The highest BCUT2D eigenvalue weighted by Gasteiger charge is 2.35. The molecule has 46 heavy (non-hydrogen) atoms. The third-order valence-corrected chi connectivity index (χ3v) is 7.38. The Labute approximate surface area is 272 Å². The number of pyridine rings is 2. The van der Waals surface area contributed by atoms with Crippen LogP contribution < -0.4 is 5.32 Å². The number of nitrogens with one attached hydrogen (secondary N) is 1. The van der Waals surface area contributed by atoms with Gasteiger partial charge in [-0.2, -0.15) is 0 Å². The molecule has 2 aromatic rings. The third-order valence-electron chi connectivity index (χ3n) is 7.38. The Bertz CT molecular complexity index is 1230. The van der Waals surface area contributed by atoms with Crippen LogP contribution in [0.4, 0.5) is 0 Å². The number of ketones is 4. The third kappa shape index (κ3) is 13.0. The topological polar surface area (TPSA) is 151 Å². The number of hydrogen-bond acceptors (Lipinski definition) is 10. The van der Waals surface area contributed by atoms with Gasteiger partial charge in [-0.25, -0.2) is 0 Å². The maximum absolute atomic E-state index is 13.6. The number of Topliss-reactive ketones (excluding diaryl/α,β-unsaturated/α-hetero) is 4. The number of hydrogen-bond donors (Lipinski definition) is 1. The van der Waals surface area contributed by atoms with E-state index < -0.39 is 11.4 Å². The highest BCUT2D eigenvalue weighted by Crippen LogP contribution is 2.19. The molecule has 252 valence electrons. The first-order chi connectivity index (χ1) is 21.7. The van der Waals surface area contributed by atoms with E-state index in [2.05, 4.69) is 15.3 Å². The van der Waals surface area contributed by atoms with Gasteiger partial charge in [-0.1, -0.05) is 53.7 Å². The van der Waals surface area contributed by atoms with E-state index in [9.17, 15) is 24.0 Å². The van der Waals surface area contributed by atoms with Crippen molar-refractivity contribution in [1.29, 1.82) is 0 Å². The number of nitrogens with zero attached hydrogens (tertiary/aromatic N) is 2. The van der Waals surface area contributed by atoms with Gasteiger partial charge in [-0.3, -0.25) is 33.9 Å². The van der Waals surface area contributed by atoms with Crippen molar-refractivity contribution in [3.8, 4) is 11.1 Å². The van der Waals surface area contributed by atoms with Gasteiger partial charge >= 0.3 is 0 Å². The fourth-order valence-corrected chi connectivity index (χ4v) is 4.20. The molecular formula is C35H49N3O8. The van der Waals surface area contributed by atoms with Gasteiger partial charge in [0.15, 0.2) is 5.78 Å². The molecule has 1 N–H and O–H groups in total. The monoisotopic (exact) mass is 639 g/mol. The molecule has 0 spiro atoms. The molecule has 0 aliphatic rings. The summed E-state index contributed by atoms with van der Waals surface area (Å²) < 4.78 is 17.7. The number of amides is 1. The predicted molar refractivity (Wildman–Crippen MR) is 174 cm³/mol. The van der Waals surface area contributed by atoms with Crippen molar-refractivity contribution in [1.82, 2.24) is 15.3 Å². The Morgan fingerprint density at radius 1 is 0.630 bits per heavy atom. The van der Waals surface area contributed by atoms with Crippen LogP contribution in [0.2, 0.25) is 0 Å². The van der Waals surface area contributed by atoms with Gasteiger partial charge in [-0.05, 0) is 12.1 Å². The number of carbonyl (C=O) groups is 5. The summed E-state index contributed by atoms with van der Waals surface area (Å²) in [5.74, 6) is -0.884. The van der Waals surface area contributed by atoms with E-state index in [-0.39, 0.29) is 105 Å². The highest BCUT2D eigenvalue weighted by atomic mass is 16.5. The van der Waals surface area contributed by atoms with Gasteiger partial charge in [0.2, 0.25) is 0 Å². The van der Waals surface area contributed by atoms with Crippen LogP contribution in [0, 0.1) is 17.8 Å². The molecule has 11 heteroatoms. The fourth-order valence-electron chi connectivity index (χ4n) is 4.20. The van der Waals surface area contributed by atoms with Crippen molar-refractivity contribution >= 4 is 29.0 Å². The largest absolute Gasteiger partial charge is 0.378 e. The number of carbonyl (C=O) groups excluding carboxylic acids is 5. The molecule has 2 aromatic heterocycles. The molecule has 0 aliphatic heterocycles. The average molecular weight is 640 g/mol. The number of ether oxygens (including phenoxy) is 3. The minimum Gasteiger partial charge on any atom is -0.378 e. The van der Waals surface area contributed by atoms with Crippen molar-refractivity contribution in [2.75, 3.05) is 39.6 Å². The van der Waals surface area contributed by atoms with Crippen molar-refractivity contribution in [3.63, 3.8) is 0 Å². The first-order valence-corrected chi connectivity index (χ1v) is 15.8. The lowest BCUT2D eigenvalue weighted by atomic mass is 10.0. The number of aromatic nitrogens is 2. The standard InChI is InChI=1S/C35H49N3O8/c1-23(2)31(40)12-15-44-20-35(21-45-16-13-32(41)24(3)4,22-46-17-14-33(42)25(5)6)38-34(43)30-11-9-28(19-37-30)27-8-10-29(26(7)39)36-18-27/h8-11,18-19,23-25H,12-17,20-22H2,1-7H3,(H,38,43). The van der Waals surface area contributed by atoms with Crippen LogP contribution in [0.15, 0.2) is 36.7 Å². The molecule has 0 unspecified atom stereocenters. The maximum Gasteiger partial charge on any atom is 0.270 e. The zero-order valence-electron chi connectivity index (χ0n) is 28.2. The van der Waals surface area contributed by atoms with Crippen LogP contribution in [0.1, 0.15) is 88.7 Å². The van der Waals surface area contributed by atoms with E-state index in [0.29, 0.717) is 11.3 Å². The van der Waals surface area contributed by atoms with E-state index in [1.54, 1.807) is 30.5 Å². The van der Waals surface area contributed by atoms with Crippen molar-refractivity contribution in [2.45, 2.75) is 73.3 Å².